The molecule has 1 aromatic rings. The van der Waals surface area contributed by atoms with Gasteiger partial charge in [-0.1, -0.05) is 11.8 Å². The summed E-state index contributed by atoms with van der Waals surface area (Å²) in [5.74, 6) is 1.57. The molecule has 0 amide bonds. The van der Waals surface area contributed by atoms with E-state index in [1.807, 2.05) is 0 Å². The van der Waals surface area contributed by atoms with Crippen LogP contribution >= 0.6 is 11.8 Å². The van der Waals surface area contributed by atoms with Crippen molar-refractivity contribution >= 4 is 16.8 Å². The lowest BCUT2D eigenvalue weighted by molar-refractivity contribution is 0.545. The van der Waals surface area contributed by atoms with Crippen LogP contribution in [0.4, 0.5) is 0 Å². The third-order valence-corrected chi connectivity index (χ3v) is 2.09. The highest BCUT2D eigenvalue weighted by Crippen LogP contribution is 2.16. The maximum Gasteiger partial charge on any atom is 0.272 e. The fourth-order valence-electron chi connectivity index (χ4n) is 0.731. The Balaban J connectivity index is 2.28. The monoisotopic (exact) mass is 155 g/mol. The van der Waals surface area contributed by atoms with E-state index in [-0.39, 0.29) is 0 Å². The molecule has 0 saturated carbocycles. The van der Waals surface area contributed by atoms with Crippen LogP contribution in [-0.2, 0) is 0 Å². The molecule has 0 N–H and O–H groups in total. The largest absolute Gasteiger partial charge is 0.422 e. The van der Waals surface area contributed by atoms with Crippen LogP contribution in [0.5, 0.6) is 0 Å². The second-order valence-corrected chi connectivity index (χ2v) is 2.86. The summed E-state index contributed by atoms with van der Waals surface area (Å²) in [6.07, 6.45) is 1.32. The molecular weight excluding hydrogens is 150 g/mol. The van der Waals surface area contributed by atoms with Gasteiger partial charge in [-0.15, -0.1) is 10.2 Å². The third-order valence-electron chi connectivity index (χ3n) is 1.13. The van der Waals surface area contributed by atoms with Crippen molar-refractivity contribution in [3.63, 3.8) is 0 Å². The average Bonchev–Trinajstić information content (AvgIpc) is 2.59. The zero-order valence-corrected chi connectivity index (χ0v) is 5.97. The van der Waals surface area contributed by atoms with E-state index in [1.54, 1.807) is 11.8 Å². The molecule has 52 valence electrons. The van der Waals surface area contributed by atoms with Gasteiger partial charge in [-0.25, -0.2) is 0 Å². The zero-order chi connectivity index (χ0) is 6.81. The minimum Gasteiger partial charge on any atom is -0.422 e. The Labute approximate surface area is 61.7 Å². The number of aliphatic imine (C=N–C) groups is 1. The van der Waals surface area contributed by atoms with Crippen molar-refractivity contribution in [2.24, 2.45) is 4.99 Å². The quantitative estimate of drug-likeness (QED) is 0.594. The molecule has 0 aromatic carbocycles. The molecule has 0 atom stereocenters. The SMILES string of the molecule is c1nnc(C2=NCCS2)o1. The summed E-state index contributed by atoms with van der Waals surface area (Å²) in [4.78, 5) is 4.16. The van der Waals surface area contributed by atoms with Crippen LogP contribution in [0.2, 0.25) is 0 Å². The number of thioether (sulfide) groups is 1. The van der Waals surface area contributed by atoms with E-state index in [0.717, 1.165) is 17.3 Å². The second-order valence-electron chi connectivity index (χ2n) is 1.78. The maximum atomic E-state index is 4.94. The predicted octanol–water partition coefficient (Wildman–Crippen LogP) is 0.563. The van der Waals surface area contributed by atoms with Crippen LogP contribution in [0.1, 0.15) is 5.89 Å². The van der Waals surface area contributed by atoms with Crippen molar-refractivity contribution in [1.82, 2.24) is 10.2 Å². The Morgan fingerprint density at radius 2 is 2.60 bits per heavy atom. The van der Waals surface area contributed by atoms with Crippen LogP contribution in [0.25, 0.3) is 0 Å². The normalized spacial score (nSPS) is 17.4. The van der Waals surface area contributed by atoms with Crippen molar-refractivity contribution in [1.29, 1.82) is 0 Å². The maximum absolute atomic E-state index is 4.94. The highest BCUT2D eigenvalue weighted by atomic mass is 32.2. The van der Waals surface area contributed by atoms with Gasteiger partial charge < -0.3 is 4.42 Å². The molecule has 0 spiro atoms. The minimum absolute atomic E-state index is 0.544. The van der Waals surface area contributed by atoms with E-state index < -0.39 is 0 Å². The van der Waals surface area contributed by atoms with Crippen molar-refractivity contribution < 1.29 is 4.42 Å². The summed E-state index contributed by atoms with van der Waals surface area (Å²) in [6.45, 7) is 0.863. The first kappa shape index (κ1) is 5.91. The number of rotatable bonds is 1. The van der Waals surface area contributed by atoms with Gasteiger partial charge in [-0.2, -0.15) is 0 Å². The van der Waals surface area contributed by atoms with Crippen molar-refractivity contribution in [2.45, 2.75) is 0 Å². The van der Waals surface area contributed by atoms with Crippen molar-refractivity contribution in [2.75, 3.05) is 12.3 Å². The Hall–Kier alpha value is -0.840. The first-order valence-electron chi connectivity index (χ1n) is 2.90. The molecule has 0 bridgehead atoms. The Morgan fingerprint density at radius 3 is 3.20 bits per heavy atom. The molecular formula is C5H5N3OS. The van der Waals surface area contributed by atoms with Crippen LogP contribution in [0.3, 0.4) is 0 Å². The van der Waals surface area contributed by atoms with Crippen molar-refractivity contribution in [3.05, 3.63) is 12.3 Å². The molecule has 5 heteroatoms. The molecule has 2 rings (SSSR count). The molecule has 1 aliphatic heterocycles. The molecule has 4 nitrogen and oxygen atoms in total. The van der Waals surface area contributed by atoms with E-state index in [0.29, 0.717) is 5.89 Å². The Bertz CT molecular complexity index is 243. The van der Waals surface area contributed by atoms with Gasteiger partial charge in [-0.05, 0) is 0 Å². The lowest BCUT2D eigenvalue weighted by Gasteiger charge is -1.86. The molecule has 1 aliphatic rings. The molecule has 0 aliphatic carbocycles. The Morgan fingerprint density at radius 1 is 1.60 bits per heavy atom. The fourth-order valence-corrected chi connectivity index (χ4v) is 1.50. The van der Waals surface area contributed by atoms with Crippen molar-refractivity contribution in [3.8, 4) is 0 Å². The number of hydrogen-bond donors (Lipinski definition) is 0. The van der Waals surface area contributed by atoms with Gasteiger partial charge in [0.2, 0.25) is 6.39 Å². The van der Waals surface area contributed by atoms with Crippen LogP contribution < -0.4 is 0 Å². The fraction of sp³-hybridized carbons (Fsp3) is 0.400. The topological polar surface area (TPSA) is 51.3 Å². The molecule has 0 saturated heterocycles. The number of hydrogen-bond acceptors (Lipinski definition) is 5. The molecule has 0 radical (unpaired) electrons. The zero-order valence-electron chi connectivity index (χ0n) is 5.15. The summed E-state index contributed by atoms with van der Waals surface area (Å²) in [6, 6.07) is 0. The molecule has 0 fully saturated rings. The molecule has 10 heavy (non-hydrogen) atoms. The standard InChI is InChI=1S/C5H5N3OS/c1-2-10-5(6-1)4-8-7-3-9-4/h3H,1-2H2. The first-order chi connectivity index (χ1) is 4.97. The smallest absolute Gasteiger partial charge is 0.272 e. The third kappa shape index (κ3) is 0.923. The first-order valence-corrected chi connectivity index (χ1v) is 3.89. The van der Waals surface area contributed by atoms with Gasteiger partial charge in [0.15, 0.2) is 5.04 Å². The lowest BCUT2D eigenvalue weighted by atomic mass is 10.7. The van der Waals surface area contributed by atoms with Gasteiger partial charge >= 0.3 is 0 Å². The van der Waals surface area contributed by atoms with Gasteiger partial charge in [0.1, 0.15) is 0 Å². The van der Waals surface area contributed by atoms with Crippen LogP contribution in [-0.4, -0.2) is 27.5 Å². The van der Waals surface area contributed by atoms with E-state index >= 15 is 0 Å². The molecule has 0 unspecified atom stereocenters. The van der Waals surface area contributed by atoms with Gasteiger partial charge in [0, 0.05) is 12.3 Å². The van der Waals surface area contributed by atoms with E-state index in [2.05, 4.69) is 15.2 Å². The van der Waals surface area contributed by atoms with Crippen LogP contribution in [0, 0.1) is 0 Å². The highest BCUT2D eigenvalue weighted by molar-refractivity contribution is 8.14. The van der Waals surface area contributed by atoms with Gasteiger partial charge in [0.25, 0.3) is 5.89 Å². The van der Waals surface area contributed by atoms with E-state index in [9.17, 15) is 0 Å². The number of nitrogens with zero attached hydrogens (tertiary/aromatic N) is 3. The summed E-state index contributed by atoms with van der Waals surface area (Å²) in [7, 11) is 0. The summed E-state index contributed by atoms with van der Waals surface area (Å²) in [5, 5.41) is 8.16. The predicted molar refractivity (Wildman–Crippen MR) is 38.2 cm³/mol. The van der Waals surface area contributed by atoms with Crippen LogP contribution in [0.15, 0.2) is 15.8 Å². The molecule has 2 heterocycles. The van der Waals surface area contributed by atoms with Gasteiger partial charge in [0.05, 0.1) is 0 Å². The number of aromatic nitrogens is 2. The highest BCUT2D eigenvalue weighted by Gasteiger charge is 2.13. The second kappa shape index (κ2) is 2.42. The van der Waals surface area contributed by atoms with E-state index in [4.69, 9.17) is 4.42 Å². The minimum atomic E-state index is 0.544. The summed E-state index contributed by atoms with van der Waals surface area (Å²) in [5.41, 5.74) is 0. The summed E-state index contributed by atoms with van der Waals surface area (Å²) >= 11 is 1.65. The molecule has 1 aromatic heterocycles. The Kier molecular flexibility index (Phi) is 1.43. The van der Waals surface area contributed by atoms with Gasteiger partial charge in [-0.3, -0.25) is 4.99 Å². The van der Waals surface area contributed by atoms with E-state index in [1.165, 1.54) is 6.39 Å². The average molecular weight is 155 g/mol. The lowest BCUT2D eigenvalue weighted by Crippen LogP contribution is -1.90. The summed E-state index contributed by atoms with van der Waals surface area (Å²) < 4.78 is 4.94.